The van der Waals surface area contributed by atoms with Crippen molar-refractivity contribution in [2.45, 2.75) is 408 Å². The normalized spacial score (nSPS) is 14.4. The zero-order valence-corrected chi connectivity index (χ0v) is 64.8. The predicted molar refractivity (Wildman–Crippen MR) is 391 cm³/mol. The van der Waals surface area contributed by atoms with Gasteiger partial charge in [0.2, 0.25) is 0 Å². The zero-order valence-electron chi connectivity index (χ0n) is 63.0. The second-order valence-corrected chi connectivity index (χ2v) is 32.3. The Morgan fingerprint density at radius 3 is 0.740 bits per heavy atom. The van der Waals surface area contributed by atoms with Gasteiger partial charge in [-0.15, -0.1) is 0 Å². The summed E-state index contributed by atoms with van der Waals surface area (Å²) >= 11 is 0. The van der Waals surface area contributed by atoms with E-state index < -0.39 is 97.5 Å². The second kappa shape index (κ2) is 66.3. The van der Waals surface area contributed by atoms with E-state index in [9.17, 15) is 43.2 Å². The summed E-state index contributed by atoms with van der Waals surface area (Å²) in [7, 11) is -9.91. The smallest absolute Gasteiger partial charge is 0.462 e. The van der Waals surface area contributed by atoms with Crippen LogP contribution in [0.5, 0.6) is 0 Å². The van der Waals surface area contributed by atoms with Gasteiger partial charge in [0.1, 0.15) is 19.3 Å². The van der Waals surface area contributed by atoms with Crippen LogP contribution in [-0.4, -0.2) is 96.7 Å². The van der Waals surface area contributed by atoms with Gasteiger partial charge in [-0.05, 0) is 49.4 Å². The van der Waals surface area contributed by atoms with Crippen molar-refractivity contribution in [1.29, 1.82) is 0 Å². The summed E-state index contributed by atoms with van der Waals surface area (Å²) in [6, 6.07) is 0. The highest BCUT2D eigenvalue weighted by atomic mass is 31.2. The average Bonchev–Trinajstić information content (AvgIpc) is 3.47. The van der Waals surface area contributed by atoms with Crippen LogP contribution in [0.2, 0.25) is 0 Å². The van der Waals surface area contributed by atoms with Gasteiger partial charge in [0.25, 0.3) is 0 Å². The van der Waals surface area contributed by atoms with E-state index in [2.05, 4.69) is 55.4 Å². The Balaban J connectivity index is 5.18. The first-order valence-electron chi connectivity index (χ1n) is 39.7. The summed E-state index contributed by atoms with van der Waals surface area (Å²) in [5.74, 6) is 0.910. The van der Waals surface area contributed by atoms with Crippen LogP contribution in [0, 0.1) is 23.7 Å². The number of phosphoric acid groups is 2. The van der Waals surface area contributed by atoms with Gasteiger partial charge in [0.05, 0.1) is 26.4 Å². The standard InChI is InChI=1S/C77H150O17P2/c1-9-70(8)56-48-40-35-36-42-50-58-75(80)88-64-73(94-77(82)60-52-44-33-27-23-19-18-21-25-30-38-46-54-68(4)5)66-92-96(85,86)90-62-71(78)61-89-95(83,84)91-65-72(63-87-74(79)57-49-41-34-28-31-39-47-55-69(6)7)93-76(81)59-51-43-32-26-22-17-15-13-11-10-12-14-16-20-24-29-37-45-53-67(2)3/h67-73,78H,9-66H2,1-8H3,(H,83,84)(H,85,86)/t70?,71?,72-,73-/m1/s1. The quantitative estimate of drug-likeness (QED) is 0.0222. The summed E-state index contributed by atoms with van der Waals surface area (Å²) in [4.78, 5) is 72.8. The van der Waals surface area contributed by atoms with Crippen LogP contribution in [0.3, 0.4) is 0 Å². The van der Waals surface area contributed by atoms with Crippen molar-refractivity contribution >= 4 is 39.5 Å². The Morgan fingerprint density at radius 1 is 0.292 bits per heavy atom. The molecule has 19 heteroatoms. The molecule has 0 aromatic carbocycles. The highest BCUT2D eigenvalue weighted by Crippen LogP contribution is 2.45. The molecular formula is C77H150O17P2. The molecular weight excluding hydrogens is 1260 g/mol. The highest BCUT2D eigenvalue weighted by molar-refractivity contribution is 7.47. The Morgan fingerprint density at radius 2 is 0.500 bits per heavy atom. The first-order valence-corrected chi connectivity index (χ1v) is 42.7. The number of unbranched alkanes of at least 4 members (excludes halogenated alkanes) is 39. The van der Waals surface area contributed by atoms with Crippen LogP contribution < -0.4 is 0 Å². The molecule has 0 saturated heterocycles. The lowest BCUT2D eigenvalue weighted by molar-refractivity contribution is -0.161. The Hall–Kier alpha value is -1.94. The van der Waals surface area contributed by atoms with Gasteiger partial charge in [-0.2, -0.15) is 0 Å². The monoisotopic (exact) mass is 1410 g/mol. The lowest BCUT2D eigenvalue weighted by atomic mass is 10.00. The molecule has 0 radical (unpaired) electrons. The Bertz CT molecular complexity index is 1890. The third kappa shape index (κ3) is 69.2. The SMILES string of the molecule is CCC(C)CCCCCCCCC(=O)OC[C@H](COP(=O)(O)OCC(O)COP(=O)(O)OC[C@@H](COC(=O)CCCCCCCCCC(C)C)OC(=O)CCCCCCCCCCCCCCCCCCCCC(C)C)OC(=O)CCCCCCCCCCCCCCC(C)C. The zero-order chi connectivity index (χ0) is 71.0. The summed E-state index contributed by atoms with van der Waals surface area (Å²) in [6.45, 7) is 14.2. The van der Waals surface area contributed by atoms with Crippen molar-refractivity contribution in [3.63, 3.8) is 0 Å². The van der Waals surface area contributed by atoms with Gasteiger partial charge >= 0.3 is 39.5 Å². The van der Waals surface area contributed by atoms with E-state index in [1.165, 1.54) is 180 Å². The van der Waals surface area contributed by atoms with Crippen molar-refractivity contribution in [1.82, 2.24) is 0 Å². The molecule has 0 saturated carbocycles. The molecule has 0 rings (SSSR count). The third-order valence-electron chi connectivity index (χ3n) is 18.2. The van der Waals surface area contributed by atoms with Crippen molar-refractivity contribution in [3.8, 4) is 0 Å². The fourth-order valence-corrected chi connectivity index (χ4v) is 13.3. The van der Waals surface area contributed by atoms with Crippen molar-refractivity contribution in [3.05, 3.63) is 0 Å². The first kappa shape index (κ1) is 94.1. The van der Waals surface area contributed by atoms with Gasteiger partial charge < -0.3 is 33.8 Å². The number of aliphatic hydroxyl groups excluding tert-OH is 1. The van der Waals surface area contributed by atoms with E-state index in [4.69, 9.17) is 37.0 Å². The third-order valence-corrected chi connectivity index (χ3v) is 20.1. The summed E-state index contributed by atoms with van der Waals surface area (Å²) < 4.78 is 68.5. The van der Waals surface area contributed by atoms with Crippen LogP contribution in [0.1, 0.15) is 389 Å². The van der Waals surface area contributed by atoms with Crippen LogP contribution in [0.25, 0.3) is 0 Å². The van der Waals surface area contributed by atoms with E-state index in [0.717, 1.165) is 120 Å². The number of carbonyl (C=O) groups excluding carboxylic acids is 4. The maximum absolute atomic E-state index is 13.1. The molecule has 0 fully saturated rings. The van der Waals surface area contributed by atoms with Crippen LogP contribution in [0.15, 0.2) is 0 Å². The Kier molecular flexibility index (Phi) is 65.0. The number of hydrogen-bond acceptors (Lipinski definition) is 15. The van der Waals surface area contributed by atoms with E-state index in [1.54, 1.807) is 0 Å². The molecule has 17 nitrogen and oxygen atoms in total. The highest BCUT2D eigenvalue weighted by Gasteiger charge is 2.30. The molecule has 0 heterocycles. The molecule has 0 amide bonds. The van der Waals surface area contributed by atoms with Crippen LogP contribution in [-0.2, 0) is 65.4 Å². The van der Waals surface area contributed by atoms with E-state index in [-0.39, 0.29) is 25.7 Å². The Labute approximate surface area is 588 Å². The maximum atomic E-state index is 13.1. The fraction of sp³-hybridized carbons (Fsp3) is 0.948. The molecule has 0 aromatic rings. The van der Waals surface area contributed by atoms with Crippen LogP contribution >= 0.6 is 15.6 Å². The number of phosphoric ester groups is 2. The first-order chi connectivity index (χ1) is 46.1. The number of ether oxygens (including phenoxy) is 4. The average molecular weight is 1410 g/mol. The van der Waals surface area contributed by atoms with E-state index in [1.807, 2.05) is 0 Å². The second-order valence-electron chi connectivity index (χ2n) is 29.4. The minimum absolute atomic E-state index is 0.105. The number of hydrogen-bond donors (Lipinski definition) is 3. The molecule has 0 aliphatic carbocycles. The summed E-state index contributed by atoms with van der Waals surface area (Å²) in [5.41, 5.74) is 0. The van der Waals surface area contributed by atoms with E-state index >= 15 is 0 Å². The topological polar surface area (TPSA) is 237 Å². The van der Waals surface area contributed by atoms with Crippen LogP contribution in [0.4, 0.5) is 0 Å². The lowest BCUT2D eigenvalue weighted by Gasteiger charge is -2.21. The molecule has 96 heavy (non-hydrogen) atoms. The van der Waals surface area contributed by atoms with Crippen molar-refractivity contribution in [2.24, 2.45) is 23.7 Å². The minimum Gasteiger partial charge on any atom is -0.462 e. The molecule has 0 spiro atoms. The summed E-state index contributed by atoms with van der Waals surface area (Å²) in [5, 5.41) is 10.6. The van der Waals surface area contributed by atoms with Crippen molar-refractivity contribution in [2.75, 3.05) is 39.6 Å². The molecule has 570 valence electrons. The number of carbonyl (C=O) groups is 4. The largest absolute Gasteiger partial charge is 0.472 e. The molecule has 0 aromatic heterocycles. The molecule has 4 unspecified atom stereocenters. The molecule has 3 N–H and O–H groups in total. The van der Waals surface area contributed by atoms with Gasteiger partial charge in [-0.1, -0.05) is 338 Å². The molecule has 0 aliphatic rings. The molecule has 0 bridgehead atoms. The number of esters is 4. The van der Waals surface area contributed by atoms with Gasteiger partial charge in [-0.25, -0.2) is 9.13 Å². The lowest BCUT2D eigenvalue weighted by Crippen LogP contribution is -2.30. The van der Waals surface area contributed by atoms with Crippen molar-refractivity contribution < 1.29 is 80.2 Å². The molecule has 0 aliphatic heterocycles. The van der Waals surface area contributed by atoms with E-state index in [0.29, 0.717) is 31.6 Å². The number of aliphatic hydroxyl groups is 1. The minimum atomic E-state index is -4.96. The number of rotatable bonds is 74. The van der Waals surface area contributed by atoms with Gasteiger partial charge in [0.15, 0.2) is 12.2 Å². The molecule has 6 atom stereocenters. The van der Waals surface area contributed by atoms with Gasteiger partial charge in [0, 0.05) is 25.7 Å². The predicted octanol–water partition coefficient (Wildman–Crippen LogP) is 22.4. The summed E-state index contributed by atoms with van der Waals surface area (Å²) in [6.07, 6.45) is 51.6. The van der Waals surface area contributed by atoms with Gasteiger partial charge in [-0.3, -0.25) is 37.3 Å². The maximum Gasteiger partial charge on any atom is 0.472 e. The fourth-order valence-electron chi connectivity index (χ4n) is 11.7.